The molecule has 1 spiro atoms. The van der Waals surface area contributed by atoms with Gasteiger partial charge < -0.3 is 19.3 Å². The van der Waals surface area contributed by atoms with Crippen LogP contribution in [-0.4, -0.2) is 99.3 Å². The molecule has 2 aliphatic heterocycles. The van der Waals surface area contributed by atoms with Crippen molar-refractivity contribution in [2.75, 3.05) is 67.2 Å². The Kier molecular flexibility index (Phi) is 6.38. The first-order valence-electron chi connectivity index (χ1n) is 8.28. The van der Waals surface area contributed by atoms with Crippen molar-refractivity contribution >= 4 is 11.8 Å². The lowest BCUT2D eigenvalue weighted by Crippen LogP contribution is -2.62. The van der Waals surface area contributed by atoms with Crippen LogP contribution in [0.4, 0.5) is 0 Å². The second kappa shape index (κ2) is 8.08. The Morgan fingerprint density at radius 1 is 1.17 bits per heavy atom. The van der Waals surface area contributed by atoms with E-state index in [2.05, 4.69) is 11.9 Å². The normalized spacial score (nSPS) is 26.7. The van der Waals surface area contributed by atoms with Crippen molar-refractivity contribution < 1.29 is 19.1 Å². The SMILES string of the molecule is COCCOCC(=O)N1CCN(C)C2(CCC(=O)N(C)CC2)C1. The van der Waals surface area contributed by atoms with Crippen molar-refractivity contribution in [2.24, 2.45) is 0 Å². The number of methoxy groups -OCH3 is 1. The number of likely N-dealkylation sites (N-methyl/N-ethyl adjacent to an activating group) is 1. The maximum Gasteiger partial charge on any atom is 0.248 e. The lowest BCUT2D eigenvalue weighted by atomic mass is 9.86. The Bertz CT molecular complexity index is 432. The first kappa shape index (κ1) is 18.2. The van der Waals surface area contributed by atoms with Crippen LogP contribution in [0, 0.1) is 0 Å². The average molecular weight is 327 g/mol. The number of hydrogen-bond donors (Lipinski definition) is 0. The molecule has 0 saturated carbocycles. The van der Waals surface area contributed by atoms with Gasteiger partial charge in [-0.15, -0.1) is 0 Å². The predicted molar refractivity (Wildman–Crippen MR) is 86.1 cm³/mol. The smallest absolute Gasteiger partial charge is 0.248 e. The Morgan fingerprint density at radius 3 is 2.70 bits per heavy atom. The molecule has 0 aromatic rings. The fraction of sp³-hybridized carbons (Fsp3) is 0.875. The highest BCUT2D eigenvalue weighted by molar-refractivity contribution is 5.78. The van der Waals surface area contributed by atoms with E-state index in [1.165, 1.54) is 0 Å². The second-order valence-electron chi connectivity index (χ2n) is 6.57. The zero-order valence-corrected chi connectivity index (χ0v) is 14.5. The summed E-state index contributed by atoms with van der Waals surface area (Å²) in [5, 5.41) is 0. The van der Waals surface area contributed by atoms with E-state index in [1.807, 2.05) is 11.9 Å². The summed E-state index contributed by atoms with van der Waals surface area (Å²) in [5.41, 5.74) is -0.0964. The van der Waals surface area contributed by atoms with Crippen LogP contribution in [0.5, 0.6) is 0 Å². The van der Waals surface area contributed by atoms with Crippen LogP contribution in [0.1, 0.15) is 19.3 Å². The zero-order valence-electron chi connectivity index (χ0n) is 14.5. The summed E-state index contributed by atoms with van der Waals surface area (Å²) < 4.78 is 10.3. The highest BCUT2D eigenvalue weighted by Crippen LogP contribution is 2.31. The summed E-state index contributed by atoms with van der Waals surface area (Å²) in [6.45, 7) is 4.00. The average Bonchev–Trinajstić information content (AvgIpc) is 2.69. The Hall–Kier alpha value is -1.18. The molecular weight excluding hydrogens is 298 g/mol. The van der Waals surface area contributed by atoms with E-state index >= 15 is 0 Å². The zero-order chi connectivity index (χ0) is 16.9. The van der Waals surface area contributed by atoms with Crippen LogP contribution in [-0.2, 0) is 19.1 Å². The number of rotatable bonds is 5. The fourth-order valence-electron chi connectivity index (χ4n) is 3.36. The molecule has 23 heavy (non-hydrogen) atoms. The first-order chi connectivity index (χ1) is 11.0. The minimum absolute atomic E-state index is 0.0255. The molecule has 2 amide bonds. The molecule has 0 N–H and O–H groups in total. The minimum atomic E-state index is -0.0964. The van der Waals surface area contributed by atoms with Crippen molar-refractivity contribution in [3.63, 3.8) is 0 Å². The molecule has 7 heteroatoms. The van der Waals surface area contributed by atoms with Crippen molar-refractivity contribution in [1.82, 2.24) is 14.7 Å². The number of amides is 2. The summed E-state index contributed by atoms with van der Waals surface area (Å²) >= 11 is 0. The molecule has 2 saturated heterocycles. The summed E-state index contributed by atoms with van der Waals surface area (Å²) in [7, 11) is 5.57. The highest BCUT2D eigenvalue weighted by Gasteiger charge is 2.42. The Morgan fingerprint density at radius 2 is 1.96 bits per heavy atom. The molecule has 132 valence electrons. The summed E-state index contributed by atoms with van der Waals surface area (Å²) in [5.74, 6) is 0.221. The topological polar surface area (TPSA) is 62.3 Å². The van der Waals surface area contributed by atoms with Crippen LogP contribution in [0.15, 0.2) is 0 Å². The van der Waals surface area contributed by atoms with Crippen LogP contribution < -0.4 is 0 Å². The summed E-state index contributed by atoms with van der Waals surface area (Å²) in [6.07, 6.45) is 2.26. The van der Waals surface area contributed by atoms with Gasteiger partial charge >= 0.3 is 0 Å². The predicted octanol–water partition coefficient (Wildman–Crippen LogP) is -0.195. The Balaban J connectivity index is 1.95. The van der Waals surface area contributed by atoms with E-state index in [1.54, 1.807) is 12.0 Å². The molecule has 0 bridgehead atoms. The standard InChI is InChI=1S/C16H29N3O4/c1-17-7-6-16(5-4-14(17)20)13-19(9-8-18(16)2)15(21)12-23-11-10-22-3/h4-13H2,1-3H3. The van der Waals surface area contributed by atoms with Crippen LogP contribution >= 0.6 is 0 Å². The van der Waals surface area contributed by atoms with Gasteiger partial charge in [-0.25, -0.2) is 0 Å². The molecule has 0 radical (unpaired) electrons. The van der Waals surface area contributed by atoms with Gasteiger partial charge in [0.15, 0.2) is 0 Å². The third-order valence-electron chi connectivity index (χ3n) is 5.15. The Labute approximate surface area is 138 Å². The minimum Gasteiger partial charge on any atom is -0.382 e. The number of carbonyl (C=O) groups is 2. The van der Waals surface area contributed by atoms with E-state index in [0.717, 1.165) is 25.9 Å². The summed E-state index contributed by atoms with van der Waals surface area (Å²) in [6, 6.07) is 0. The van der Waals surface area contributed by atoms with E-state index in [4.69, 9.17) is 9.47 Å². The molecule has 2 fully saturated rings. The van der Waals surface area contributed by atoms with E-state index < -0.39 is 0 Å². The van der Waals surface area contributed by atoms with Crippen LogP contribution in [0.25, 0.3) is 0 Å². The van der Waals surface area contributed by atoms with Gasteiger partial charge in [0.2, 0.25) is 11.8 Å². The third kappa shape index (κ3) is 4.43. The van der Waals surface area contributed by atoms with E-state index in [-0.39, 0.29) is 24.0 Å². The lowest BCUT2D eigenvalue weighted by molar-refractivity contribution is -0.142. The molecule has 0 aromatic heterocycles. The highest BCUT2D eigenvalue weighted by atomic mass is 16.5. The number of piperazine rings is 1. The quantitative estimate of drug-likeness (QED) is 0.655. The fourth-order valence-corrected chi connectivity index (χ4v) is 3.36. The third-order valence-corrected chi connectivity index (χ3v) is 5.15. The largest absolute Gasteiger partial charge is 0.382 e. The van der Waals surface area contributed by atoms with Crippen molar-refractivity contribution in [3.05, 3.63) is 0 Å². The maximum absolute atomic E-state index is 12.4. The van der Waals surface area contributed by atoms with Gasteiger partial charge in [-0.1, -0.05) is 0 Å². The van der Waals surface area contributed by atoms with Crippen molar-refractivity contribution in [1.29, 1.82) is 0 Å². The van der Waals surface area contributed by atoms with E-state index in [9.17, 15) is 9.59 Å². The maximum atomic E-state index is 12.4. The molecule has 0 aromatic carbocycles. The number of hydrogen-bond acceptors (Lipinski definition) is 5. The number of nitrogens with zero attached hydrogens (tertiary/aromatic N) is 3. The van der Waals surface area contributed by atoms with Crippen molar-refractivity contribution in [2.45, 2.75) is 24.8 Å². The second-order valence-corrected chi connectivity index (χ2v) is 6.57. The van der Waals surface area contributed by atoms with Gasteiger partial charge in [0.05, 0.1) is 13.2 Å². The molecule has 2 aliphatic rings. The molecule has 0 aliphatic carbocycles. The number of ether oxygens (including phenoxy) is 2. The van der Waals surface area contributed by atoms with Crippen LogP contribution in [0.3, 0.4) is 0 Å². The monoisotopic (exact) mass is 327 g/mol. The van der Waals surface area contributed by atoms with Gasteiger partial charge in [0.1, 0.15) is 6.61 Å². The van der Waals surface area contributed by atoms with Crippen molar-refractivity contribution in [3.8, 4) is 0 Å². The number of carbonyl (C=O) groups excluding carboxylic acids is 2. The molecule has 1 unspecified atom stereocenters. The molecule has 1 atom stereocenters. The molecule has 7 nitrogen and oxygen atoms in total. The number of likely N-dealkylation sites (tertiary alicyclic amines) is 1. The molecule has 2 heterocycles. The first-order valence-corrected chi connectivity index (χ1v) is 8.28. The van der Waals surface area contributed by atoms with Gasteiger partial charge in [0.25, 0.3) is 0 Å². The summed E-state index contributed by atoms with van der Waals surface area (Å²) in [4.78, 5) is 30.4. The van der Waals surface area contributed by atoms with Gasteiger partial charge in [-0.2, -0.15) is 0 Å². The molecule has 2 rings (SSSR count). The van der Waals surface area contributed by atoms with Crippen LogP contribution in [0.2, 0.25) is 0 Å². The van der Waals surface area contributed by atoms with Gasteiger partial charge in [-0.3, -0.25) is 14.5 Å². The lowest BCUT2D eigenvalue weighted by Gasteiger charge is -2.49. The van der Waals surface area contributed by atoms with Gasteiger partial charge in [-0.05, 0) is 19.9 Å². The molecular formula is C16H29N3O4. The van der Waals surface area contributed by atoms with E-state index in [0.29, 0.717) is 32.7 Å². The van der Waals surface area contributed by atoms with Gasteiger partial charge in [0, 0.05) is 52.3 Å².